The molecule has 0 radical (unpaired) electrons. The van der Waals surface area contributed by atoms with Crippen molar-refractivity contribution in [2.24, 2.45) is 0 Å². The SMILES string of the molecule is CCc1cc2c(o1)CCCC2NC. The molecule has 1 aliphatic carbocycles. The van der Waals surface area contributed by atoms with Gasteiger partial charge < -0.3 is 9.73 Å². The molecule has 1 heterocycles. The molecule has 1 atom stereocenters. The number of hydrogen-bond donors (Lipinski definition) is 1. The molecular formula is C11H17NO. The van der Waals surface area contributed by atoms with Crippen LogP contribution in [-0.4, -0.2) is 7.05 Å². The highest BCUT2D eigenvalue weighted by Gasteiger charge is 2.22. The van der Waals surface area contributed by atoms with Gasteiger partial charge in [0.2, 0.25) is 0 Å². The fraction of sp³-hybridized carbons (Fsp3) is 0.636. The van der Waals surface area contributed by atoms with Crippen LogP contribution >= 0.6 is 0 Å². The number of rotatable bonds is 2. The molecule has 1 unspecified atom stereocenters. The van der Waals surface area contributed by atoms with Gasteiger partial charge in [-0.1, -0.05) is 6.92 Å². The fourth-order valence-corrected chi connectivity index (χ4v) is 2.09. The predicted molar refractivity (Wildman–Crippen MR) is 52.8 cm³/mol. The Morgan fingerprint density at radius 1 is 1.62 bits per heavy atom. The Morgan fingerprint density at radius 3 is 3.15 bits per heavy atom. The lowest BCUT2D eigenvalue weighted by atomic mass is 9.93. The Labute approximate surface area is 79.3 Å². The zero-order valence-electron chi connectivity index (χ0n) is 8.39. The largest absolute Gasteiger partial charge is 0.466 e. The van der Waals surface area contributed by atoms with Gasteiger partial charge in [-0.05, 0) is 26.0 Å². The summed E-state index contributed by atoms with van der Waals surface area (Å²) in [7, 11) is 2.03. The van der Waals surface area contributed by atoms with E-state index < -0.39 is 0 Å². The minimum Gasteiger partial charge on any atom is -0.466 e. The van der Waals surface area contributed by atoms with Crippen molar-refractivity contribution in [2.75, 3.05) is 7.05 Å². The fourth-order valence-electron chi connectivity index (χ4n) is 2.09. The van der Waals surface area contributed by atoms with Crippen molar-refractivity contribution < 1.29 is 4.42 Å². The molecule has 2 nitrogen and oxygen atoms in total. The van der Waals surface area contributed by atoms with Crippen molar-refractivity contribution in [3.8, 4) is 0 Å². The lowest BCUT2D eigenvalue weighted by Gasteiger charge is -2.20. The van der Waals surface area contributed by atoms with E-state index in [2.05, 4.69) is 18.3 Å². The van der Waals surface area contributed by atoms with Gasteiger partial charge >= 0.3 is 0 Å². The van der Waals surface area contributed by atoms with Crippen LogP contribution in [0.15, 0.2) is 10.5 Å². The third kappa shape index (κ3) is 1.51. The Morgan fingerprint density at radius 2 is 2.46 bits per heavy atom. The maximum Gasteiger partial charge on any atom is 0.108 e. The average Bonchev–Trinajstić information content (AvgIpc) is 2.59. The summed E-state index contributed by atoms with van der Waals surface area (Å²) < 4.78 is 5.75. The maximum absolute atomic E-state index is 5.75. The van der Waals surface area contributed by atoms with Gasteiger partial charge in [0.25, 0.3) is 0 Å². The second kappa shape index (κ2) is 3.54. The van der Waals surface area contributed by atoms with E-state index >= 15 is 0 Å². The third-order valence-corrected chi connectivity index (χ3v) is 2.86. The van der Waals surface area contributed by atoms with Crippen LogP contribution in [0, 0.1) is 0 Å². The van der Waals surface area contributed by atoms with Gasteiger partial charge in [0.1, 0.15) is 11.5 Å². The highest BCUT2D eigenvalue weighted by molar-refractivity contribution is 5.27. The number of hydrogen-bond acceptors (Lipinski definition) is 2. The summed E-state index contributed by atoms with van der Waals surface area (Å²) in [6, 6.07) is 2.74. The molecule has 0 amide bonds. The van der Waals surface area contributed by atoms with Crippen LogP contribution in [0.4, 0.5) is 0 Å². The molecule has 0 aliphatic heterocycles. The predicted octanol–water partition coefficient (Wildman–Crippen LogP) is 2.44. The van der Waals surface area contributed by atoms with Gasteiger partial charge in [-0.2, -0.15) is 0 Å². The van der Waals surface area contributed by atoms with E-state index in [9.17, 15) is 0 Å². The first-order valence-electron chi connectivity index (χ1n) is 5.14. The summed E-state index contributed by atoms with van der Waals surface area (Å²) in [6.45, 7) is 2.14. The smallest absolute Gasteiger partial charge is 0.108 e. The van der Waals surface area contributed by atoms with Gasteiger partial charge in [-0.3, -0.25) is 0 Å². The van der Waals surface area contributed by atoms with Crippen molar-refractivity contribution in [1.29, 1.82) is 0 Å². The van der Waals surface area contributed by atoms with Crippen LogP contribution in [-0.2, 0) is 12.8 Å². The molecule has 1 N–H and O–H groups in total. The number of nitrogens with one attached hydrogen (secondary N) is 1. The molecular weight excluding hydrogens is 162 g/mol. The molecule has 72 valence electrons. The van der Waals surface area contributed by atoms with Crippen molar-refractivity contribution in [3.05, 3.63) is 23.2 Å². The second-order valence-electron chi connectivity index (χ2n) is 3.68. The minimum absolute atomic E-state index is 0.521. The van der Waals surface area contributed by atoms with Crippen molar-refractivity contribution in [2.45, 2.75) is 38.6 Å². The van der Waals surface area contributed by atoms with Crippen LogP contribution < -0.4 is 5.32 Å². The zero-order valence-corrected chi connectivity index (χ0v) is 8.39. The van der Waals surface area contributed by atoms with Crippen molar-refractivity contribution in [1.82, 2.24) is 5.32 Å². The Kier molecular flexibility index (Phi) is 2.40. The maximum atomic E-state index is 5.75. The molecule has 0 bridgehead atoms. The van der Waals surface area contributed by atoms with Gasteiger partial charge in [0, 0.05) is 24.4 Å². The molecule has 13 heavy (non-hydrogen) atoms. The first-order chi connectivity index (χ1) is 6.35. The third-order valence-electron chi connectivity index (χ3n) is 2.86. The van der Waals surface area contributed by atoms with Crippen LogP contribution in [0.1, 0.15) is 42.9 Å². The first-order valence-corrected chi connectivity index (χ1v) is 5.14. The average molecular weight is 179 g/mol. The van der Waals surface area contributed by atoms with Crippen LogP contribution in [0.2, 0.25) is 0 Å². The molecule has 0 fully saturated rings. The molecule has 1 aliphatic rings. The summed E-state index contributed by atoms with van der Waals surface area (Å²) in [6.07, 6.45) is 4.61. The van der Waals surface area contributed by atoms with E-state index in [0.29, 0.717) is 6.04 Å². The molecule has 0 aromatic carbocycles. The van der Waals surface area contributed by atoms with Crippen LogP contribution in [0.25, 0.3) is 0 Å². The molecule has 0 spiro atoms. The Bertz CT molecular complexity index is 290. The van der Waals surface area contributed by atoms with Crippen LogP contribution in [0.3, 0.4) is 0 Å². The summed E-state index contributed by atoms with van der Waals surface area (Å²) in [5.41, 5.74) is 1.39. The van der Waals surface area contributed by atoms with E-state index in [4.69, 9.17) is 4.42 Å². The van der Waals surface area contributed by atoms with E-state index in [0.717, 1.165) is 18.6 Å². The lowest BCUT2D eigenvalue weighted by Crippen LogP contribution is -2.20. The van der Waals surface area contributed by atoms with Crippen molar-refractivity contribution in [3.63, 3.8) is 0 Å². The Balaban J connectivity index is 2.32. The van der Waals surface area contributed by atoms with E-state index in [1.807, 2.05) is 7.05 Å². The molecule has 0 saturated carbocycles. The van der Waals surface area contributed by atoms with Gasteiger partial charge in [0.15, 0.2) is 0 Å². The summed E-state index contributed by atoms with van der Waals surface area (Å²) >= 11 is 0. The molecule has 1 aromatic heterocycles. The lowest BCUT2D eigenvalue weighted by molar-refractivity contribution is 0.413. The highest BCUT2D eigenvalue weighted by atomic mass is 16.3. The number of fused-ring (bicyclic) bond motifs is 1. The minimum atomic E-state index is 0.521. The standard InChI is InChI=1S/C11H17NO/c1-3-8-7-9-10(12-2)5-4-6-11(9)13-8/h7,10,12H,3-6H2,1-2H3. The van der Waals surface area contributed by atoms with E-state index in [1.54, 1.807) is 0 Å². The molecule has 2 heteroatoms. The second-order valence-corrected chi connectivity index (χ2v) is 3.68. The normalized spacial score (nSPS) is 21.5. The topological polar surface area (TPSA) is 25.2 Å². The van der Waals surface area contributed by atoms with Gasteiger partial charge in [-0.15, -0.1) is 0 Å². The van der Waals surface area contributed by atoms with E-state index in [1.165, 1.54) is 24.2 Å². The van der Waals surface area contributed by atoms with Gasteiger partial charge in [0.05, 0.1) is 0 Å². The zero-order chi connectivity index (χ0) is 9.26. The van der Waals surface area contributed by atoms with E-state index in [-0.39, 0.29) is 0 Å². The first kappa shape index (κ1) is 8.82. The van der Waals surface area contributed by atoms with Crippen molar-refractivity contribution >= 4 is 0 Å². The number of aryl methyl sites for hydroxylation is 2. The molecule has 1 aromatic rings. The molecule has 2 rings (SSSR count). The monoisotopic (exact) mass is 179 g/mol. The highest BCUT2D eigenvalue weighted by Crippen LogP contribution is 2.31. The van der Waals surface area contributed by atoms with Crippen LogP contribution in [0.5, 0.6) is 0 Å². The van der Waals surface area contributed by atoms with Gasteiger partial charge in [-0.25, -0.2) is 0 Å². The quantitative estimate of drug-likeness (QED) is 0.754. The summed E-state index contributed by atoms with van der Waals surface area (Å²) in [5.74, 6) is 2.34. The number of furan rings is 1. The molecule has 0 saturated heterocycles. The summed E-state index contributed by atoms with van der Waals surface area (Å²) in [4.78, 5) is 0. The Hall–Kier alpha value is -0.760. The summed E-state index contributed by atoms with van der Waals surface area (Å²) in [5, 5.41) is 3.34.